The second kappa shape index (κ2) is 8.03. The highest BCUT2D eigenvalue weighted by Crippen LogP contribution is 2.40. The first kappa shape index (κ1) is 17.9. The molecule has 3 heterocycles. The molecule has 3 fully saturated rings. The van der Waals surface area contributed by atoms with Gasteiger partial charge in [0.15, 0.2) is 0 Å². The first-order valence-electron chi connectivity index (χ1n) is 10.5. The van der Waals surface area contributed by atoms with Gasteiger partial charge in [-0.3, -0.25) is 9.78 Å². The monoisotopic (exact) mass is 356 g/mol. The van der Waals surface area contributed by atoms with Crippen molar-refractivity contribution in [3.63, 3.8) is 0 Å². The van der Waals surface area contributed by atoms with Crippen LogP contribution in [0.15, 0.2) is 18.6 Å². The molecule has 1 aliphatic carbocycles. The van der Waals surface area contributed by atoms with Gasteiger partial charge in [0.25, 0.3) is 5.91 Å². The molecule has 1 amide bonds. The fourth-order valence-corrected chi connectivity index (χ4v) is 5.31. The van der Waals surface area contributed by atoms with Gasteiger partial charge in [-0.2, -0.15) is 0 Å². The van der Waals surface area contributed by atoms with E-state index in [9.17, 15) is 4.79 Å². The molecule has 1 aromatic heterocycles. The molecule has 1 aromatic rings. The van der Waals surface area contributed by atoms with Gasteiger partial charge in [0.05, 0.1) is 6.20 Å². The molecule has 26 heavy (non-hydrogen) atoms. The quantitative estimate of drug-likeness (QED) is 0.833. The number of nitrogens with zero attached hydrogens (tertiary/aromatic N) is 4. The molecule has 2 saturated heterocycles. The van der Waals surface area contributed by atoms with Crippen LogP contribution >= 0.6 is 0 Å². The lowest BCUT2D eigenvalue weighted by Gasteiger charge is -2.48. The molecule has 0 aromatic carbocycles. The molecule has 142 valence electrons. The van der Waals surface area contributed by atoms with E-state index >= 15 is 0 Å². The smallest absolute Gasteiger partial charge is 0.274 e. The summed E-state index contributed by atoms with van der Waals surface area (Å²) in [6, 6.07) is 0. The Morgan fingerprint density at radius 1 is 1.04 bits per heavy atom. The average molecular weight is 357 g/mol. The third-order valence-corrected chi connectivity index (χ3v) is 6.89. The first-order valence-corrected chi connectivity index (χ1v) is 10.5. The van der Waals surface area contributed by atoms with E-state index in [0.29, 0.717) is 11.1 Å². The zero-order valence-electron chi connectivity index (χ0n) is 15.9. The Labute approximate surface area is 157 Å². The van der Waals surface area contributed by atoms with Crippen LogP contribution in [0.25, 0.3) is 0 Å². The van der Waals surface area contributed by atoms with Gasteiger partial charge in [0, 0.05) is 32.0 Å². The lowest BCUT2D eigenvalue weighted by molar-refractivity contribution is 0.0168. The Morgan fingerprint density at radius 2 is 1.85 bits per heavy atom. The average Bonchev–Trinajstić information content (AvgIpc) is 2.71. The highest BCUT2D eigenvalue weighted by Gasteiger charge is 2.40. The summed E-state index contributed by atoms with van der Waals surface area (Å²) in [6.45, 7) is 5.49. The molecule has 1 spiro atoms. The predicted octanol–water partition coefficient (Wildman–Crippen LogP) is 3.38. The van der Waals surface area contributed by atoms with Crippen LogP contribution in [-0.4, -0.2) is 58.4 Å². The molecule has 0 N–H and O–H groups in total. The predicted molar refractivity (Wildman–Crippen MR) is 102 cm³/mol. The van der Waals surface area contributed by atoms with Crippen LogP contribution in [0.1, 0.15) is 68.3 Å². The zero-order chi connectivity index (χ0) is 17.8. The van der Waals surface area contributed by atoms with Crippen molar-refractivity contribution >= 4 is 5.91 Å². The number of carbonyl (C=O) groups excluding carboxylic acids is 1. The molecular formula is C21H32N4O. The van der Waals surface area contributed by atoms with Crippen molar-refractivity contribution < 1.29 is 4.79 Å². The number of piperidine rings is 2. The van der Waals surface area contributed by atoms with Crippen molar-refractivity contribution in [1.82, 2.24) is 19.8 Å². The van der Waals surface area contributed by atoms with Gasteiger partial charge in [0.2, 0.25) is 0 Å². The summed E-state index contributed by atoms with van der Waals surface area (Å²) in [7, 11) is 0. The van der Waals surface area contributed by atoms with Crippen molar-refractivity contribution in [2.75, 3.05) is 32.7 Å². The molecule has 0 radical (unpaired) electrons. The third-order valence-electron chi connectivity index (χ3n) is 6.89. The second-order valence-electron chi connectivity index (χ2n) is 8.73. The molecule has 2 aliphatic heterocycles. The van der Waals surface area contributed by atoms with Gasteiger partial charge in [-0.1, -0.05) is 19.3 Å². The second-order valence-corrected chi connectivity index (χ2v) is 8.73. The van der Waals surface area contributed by atoms with Crippen LogP contribution in [0.4, 0.5) is 0 Å². The van der Waals surface area contributed by atoms with Gasteiger partial charge in [-0.15, -0.1) is 0 Å². The summed E-state index contributed by atoms with van der Waals surface area (Å²) in [5.74, 6) is 0.987. The summed E-state index contributed by atoms with van der Waals surface area (Å²) < 4.78 is 0. The van der Waals surface area contributed by atoms with Gasteiger partial charge < -0.3 is 9.80 Å². The normalized spacial score (nSPS) is 24.7. The van der Waals surface area contributed by atoms with Crippen molar-refractivity contribution in [2.45, 2.75) is 57.8 Å². The Hall–Kier alpha value is -1.49. The fraction of sp³-hybridized carbons (Fsp3) is 0.762. The van der Waals surface area contributed by atoms with E-state index < -0.39 is 0 Å². The van der Waals surface area contributed by atoms with Gasteiger partial charge in [-0.25, -0.2) is 4.98 Å². The van der Waals surface area contributed by atoms with Crippen LogP contribution in [0.3, 0.4) is 0 Å². The molecule has 1 saturated carbocycles. The molecule has 4 rings (SSSR count). The minimum Gasteiger partial charge on any atom is -0.337 e. The van der Waals surface area contributed by atoms with E-state index in [4.69, 9.17) is 0 Å². The van der Waals surface area contributed by atoms with Crippen molar-refractivity contribution in [1.29, 1.82) is 0 Å². The summed E-state index contributed by atoms with van der Waals surface area (Å²) >= 11 is 0. The fourth-order valence-electron chi connectivity index (χ4n) is 5.31. The van der Waals surface area contributed by atoms with Crippen molar-refractivity contribution in [3.05, 3.63) is 24.3 Å². The maximum Gasteiger partial charge on any atom is 0.274 e. The van der Waals surface area contributed by atoms with Crippen LogP contribution < -0.4 is 0 Å². The minimum atomic E-state index is 0.0572. The number of carbonyl (C=O) groups is 1. The molecule has 3 aliphatic rings. The molecule has 5 nitrogen and oxygen atoms in total. The SMILES string of the molecule is O=C(c1cnccn1)N1CCCC2(CCN(CC3CCCCC3)CC2)C1. The standard InChI is InChI=1S/C21H32N4O/c26-20(19-15-22-10-11-23-19)25-12-4-7-21(17-25)8-13-24(14-9-21)16-18-5-2-1-3-6-18/h10-11,15,18H,1-9,12-14,16-17H2. The van der Waals surface area contributed by atoms with E-state index in [2.05, 4.69) is 14.9 Å². The number of aromatic nitrogens is 2. The molecule has 5 heteroatoms. The Balaban J connectivity index is 1.32. The van der Waals surface area contributed by atoms with Crippen LogP contribution in [0.5, 0.6) is 0 Å². The van der Waals surface area contributed by atoms with E-state index in [1.54, 1.807) is 18.6 Å². The van der Waals surface area contributed by atoms with Crippen LogP contribution in [0.2, 0.25) is 0 Å². The maximum absolute atomic E-state index is 12.8. The Bertz CT molecular complexity index is 591. The summed E-state index contributed by atoms with van der Waals surface area (Å²) in [5.41, 5.74) is 0.818. The van der Waals surface area contributed by atoms with Crippen molar-refractivity contribution in [3.8, 4) is 0 Å². The van der Waals surface area contributed by atoms with E-state index in [1.807, 2.05) is 4.90 Å². The Morgan fingerprint density at radius 3 is 2.58 bits per heavy atom. The number of hydrogen-bond acceptors (Lipinski definition) is 4. The number of rotatable bonds is 3. The van der Waals surface area contributed by atoms with E-state index in [1.165, 1.54) is 71.0 Å². The minimum absolute atomic E-state index is 0.0572. The molecular weight excluding hydrogens is 324 g/mol. The largest absolute Gasteiger partial charge is 0.337 e. The first-order chi connectivity index (χ1) is 12.7. The Kier molecular flexibility index (Phi) is 5.53. The van der Waals surface area contributed by atoms with E-state index in [-0.39, 0.29) is 5.91 Å². The zero-order valence-corrected chi connectivity index (χ0v) is 15.9. The van der Waals surface area contributed by atoms with E-state index in [0.717, 1.165) is 25.4 Å². The third kappa shape index (κ3) is 4.08. The summed E-state index contributed by atoms with van der Waals surface area (Å²) in [4.78, 5) is 25.8. The molecule has 0 atom stereocenters. The highest BCUT2D eigenvalue weighted by atomic mass is 16.2. The van der Waals surface area contributed by atoms with Gasteiger partial charge >= 0.3 is 0 Å². The maximum atomic E-state index is 12.8. The van der Waals surface area contributed by atoms with Crippen LogP contribution in [0, 0.1) is 11.3 Å². The number of amides is 1. The number of hydrogen-bond donors (Lipinski definition) is 0. The molecule has 0 unspecified atom stereocenters. The topological polar surface area (TPSA) is 49.3 Å². The number of likely N-dealkylation sites (tertiary alicyclic amines) is 2. The van der Waals surface area contributed by atoms with Crippen LogP contribution in [-0.2, 0) is 0 Å². The summed E-state index contributed by atoms with van der Waals surface area (Å²) in [5, 5.41) is 0. The highest BCUT2D eigenvalue weighted by molar-refractivity contribution is 5.92. The summed E-state index contributed by atoms with van der Waals surface area (Å²) in [6.07, 6.45) is 16.9. The van der Waals surface area contributed by atoms with Gasteiger partial charge in [0.1, 0.15) is 5.69 Å². The lowest BCUT2D eigenvalue weighted by atomic mass is 9.72. The van der Waals surface area contributed by atoms with Crippen molar-refractivity contribution in [2.24, 2.45) is 11.3 Å². The molecule has 0 bridgehead atoms. The lowest BCUT2D eigenvalue weighted by Crippen LogP contribution is -2.51. The van der Waals surface area contributed by atoms with Gasteiger partial charge in [-0.05, 0) is 62.9 Å².